The van der Waals surface area contributed by atoms with Crippen LogP contribution in [0, 0.1) is 5.92 Å². The third kappa shape index (κ3) is 11.0. The molecule has 0 saturated carbocycles. The fourth-order valence-electron chi connectivity index (χ4n) is 1.13. The number of hydrogen-bond donors (Lipinski definition) is 3. The number of rotatable bonds is 9. The van der Waals surface area contributed by atoms with E-state index in [9.17, 15) is 9.59 Å². The van der Waals surface area contributed by atoms with Gasteiger partial charge in [-0.1, -0.05) is 13.8 Å². The zero-order valence-electron chi connectivity index (χ0n) is 10.1. The molecule has 0 fully saturated rings. The van der Waals surface area contributed by atoms with Crippen molar-refractivity contribution in [1.82, 2.24) is 10.6 Å². The summed E-state index contributed by atoms with van der Waals surface area (Å²) in [5.74, 6) is -0.247. The Kier molecular flexibility index (Phi) is 8.52. The van der Waals surface area contributed by atoms with Gasteiger partial charge in [-0.05, 0) is 25.3 Å². The van der Waals surface area contributed by atoms with Gasteiger partial charge in [-0.2, -0.15) is 0 Å². The Hall–Kier alpha value is -1.10. The van der Waals surface area contributed by atoms with Crippen LogP contribution in [0.25, 0.3) is 0 Å². The summed E-state index contributed by atoms with van der Waals surface area (Å²) in [5, 5.41) is 14.1. The molecule has 0 atom stereocenters. The highest BCUT2D eigenvalue weighted by molar-refractivity contribution is 5.77. The number of carbonyl (C=O) groups is 2. The van der Waals surface area contributed by atoms with E-state index in [1.807, 2.05) is 0 Å². The molecule has 0 aromatic heterocycles. The van der Waals surface area contributed by atoms with Crippen LogP contribution >= 0.6 is 0 Å². The molecule has 0 unspecified atom stereocenters. The van der Waals surface area contributed by atoms with Crippen LogP contribution in [0.5, 0.6) is 0 Å². The Morgan fingerprint density at radius 3 is 2.50 bits per heavy atom. The molecule has 0 aromatic rings. The molecule has 16 heavy (non-hydrogen) atoms. The number of carboxylic acid groups (broad SMARTS) is 1. The molecule has 3 N–H and O–H groups in total. The molecule has 5 heteroatoms. The van der Waals surface area contributed by atoms with E-state index in [1.54, 1.807) is 0 Å². The second kappa shape index (κ2) is 9.15. The van der Waals surface area contributed by atoms with Crippen LogP contribution in [0.1, 0.15) is 33.1 Å². The van der Waals surface area contributed by atoms with E-state index in [1.165, 1.54) is 0 Å². The van der Waals surface area contributed by atoms with E-state index in [-0.39, 0.29) is 18.9 Å². The van der Waals surface area contributed by atoms with Gasteiger partial charge in [0.1, 0.15) is 0 Å². The standard InChI is InChI=1S/C11H22N2O3/c1-9(2)5-7-13-10(14)8-12-6-3-4-11(15)16/h9,12H,3-8H2,1-2H3,(H,13,14)(H,15,16). The van der Waals surface area contributed by atoms with Crippen LogP contribution in [0.3, 0.4) is 0 Å². The molecule has 0 aliphatic carbocycles. The van der Waals surface area contributed by atoms with Crippen molar-refractivity contribution in [2.45, 2.75) is 33.1 Å². The Morgan fingerprint density at radius 2 is 1.94 bits per heavy atom. The second-order valence-corrected chi connectivity index (χ2v) is 4.21. The largest absolute Gasteiger partial charge is 0.481 e. The molecule has 0 heterocycles. The summed E-state index contributed by atoms with van der Waals surface area (Å²) in [6.07, 6.45) is 1.67. The predicted molar refractivity (Wildman–Crippen MR) is 62.2 cm³/mol. The number of nitrogens with one attached hydrogen (secondary N) is 2. The molecule has 0 aliphatic rings. The average molecular weight is 230 g/mol. The molecule has 1 amide bonds. The van der Waals surface area contributed by atoms with Gasteiger partial charge in [-0.25, -0.2) is 0 Å². The van der Waals surface area contributed by atoms with Crippen molar-refractivity contribution in [3.8, 4) is 0 Å². The lowest BCUT2D eigenvalue weighted by Gasteiger charge is -2.07. The van der Waals surface area contributed by atoms with Crippen molar-refractivity contribution < 1.29 is 14.7 Å². The normalized spacial score (nSPS) is 10.4. The maximum absolute atomic E-state index is 11.2. The van der Waals surface area contributed by atoms with Gasteiger partial charge in [0.2, 0.25) is 5.91 Å². The molecule has 0 saturated heterocycles. The highest BCUT2D eigenvalue weighted by Gasteiger charge is 2.01. The van der Waals surface area contributed by atoms with Crippen LogP contribution in [0.2, 0.25) is 0 Å². The fourth-order valence-corrected chi connectivity index (χ4v) is 1.13. The van der Waals surface area contributed by atoms with Crippen LogP contribution in [-0.2, 0) is 9.59 Å². The predicted octanol–water partition coefficient (Wildman–Crippen LogP) is 0.603. The Labute approximate surface area is 96.6 Å². The Balaban J connectivity index is 3.27. The van der Waals surface area contributed by atoms with E-state index in [0.717, 1.165) is 6.42 Å². The van der Waals surface area contributed by atoms with Crippen molar-refractivity contribution in [1.29, 1.82) is 0 Å². The first kappa shape index (κ1) is 14.9. The molecule has 0 spiro atoms. The third-order valence-electron chi connectivity index (χ3n) is 2.07. The van der Waals surface area contributed by atoms with E-state index in [4.69, 9.17) is 5.11 Å². The Bertz CT molecular complexity index is 217. The summed E-state index contributed by atoms with van der Waals surface area (Å²) in [6.45, 7) is 5.74. The number of hydrogen-bond acceptors (Lipinski definition) is 3. The van der Waals surface area contributed by atoms with E-state index >= 15 is 0 Å². The van der Waals surface area contributed by atoms with Crippen LogP contribution < -0.4 is 10.6 Å². The van der Waals surface area contributed by atoms with Crippen molar-refractivity contribution in [3.05, 3.63) is 0 Å². The molecule has 0 aromatic carbocycles. The van der Waals surface area contributed by atoms with E-state index in [2.05, 4.69) is 24.5 Å². The van der Waals surface area contributed by atoms with Gasteiger partial charge in [0.15, 0.2) is 0 Å². The first-order valence-corrected chi connectivity index (χ1v) is 5.71. The van der Waals surface area contributed by atoms with Gasteiger partial charge in [0.05, 0.1) is 6.54 Å². The molecular weight excluding hydrogens is 208 g/mol. The summed E-state index contributed by atoms with van der Waals surface area (Å²) >= 11 is 0. The average Bonchev–Trinajstić information content (AvgIpc) is 2.16. The van der Waals surface area contributed by atoms with Gasteiger partial charge in [0.25, 0.3) is 0 Å². The number of carbonyl (C=O) groups excluding carboxylic acids is 1. The maximum atomic E-state index is 11.2. The molecule has 94 valence electrons. The number of carboxylic acids is 1. The summed E-state index contributed by atoms with van der Waals surface area (Å²) in [5.41, 5.74) is 0. The molecule has 5 nitrogen and oxygen atoms in total. The SMILES string of the molecule is CC(C)CCNC(=O)CNCCCC(=O)O. The van der Waals surface area contributed by atoms with Crippen molar-refractivity contribution in [2.75, 3.05) is 19.6 Å². The summed E-state index contributed by atoms with van der Waals surface area (Å²) in [7, 11) is 0. The second-order valence-electron chi connectivity index (χ2n) is 4.21. The highest BCUT2D eigenvalue weighted by atomic mass is 16.4. The van der Waals surface area contributed by atoms with Crippen molar-refractivity contribution >= 4 is 11.9 Å². The maximum Gasteiger partial charge on any atom is 0.303 e. The molecule has 0 aliphatic heterocycles. The van der Waals surface area contributed by atoms with Crippen LogP contribution in [0.4, 0.5) is 0 Å². The number of amides is 1. The van der Waals surface area contributed by atoms with Gasteiger partial charge >= 0.3 is 5.97 Å². The lowest BCUT2D eigenvalue weighted by atomic mass is 10.1. The lowest BCUT2D eigenvalue weighted by molar-refractivity contribution is -0.137. The van der Waals surface area contributed by atoms with Gasteiger partial charge in [0, 0.05) is 13.0 Å². The molecule has 0 bridgehead atoms. The summed E-state index contributed by atoms with van der Waals surface area (Å²) in [6, 6.07) is 0. The zero-order valence-corrected chi connectivity index (χ0v) is 10.1. The minimum Gasteiger partial charge on any atom is -0.481 e. The molecular formula is C11H22N2O3. The Morgan fingerprint density at radius 1 is 1.25 bits per heavy atom. The van der Waals surface area contributed by atoms with E-state index < -0.39 is 5.97 Å². The third-order valence-corrected chi connectivity index (χ3v) is 2.07. The lowest BCUT2D eigenvalue weighted by Crippen LogP contribution is -2.35. The van der Waals surface area contributed by atoms with Gasteiger partial charge in [-0.3, -0.25) is 9.59 Å². The van der Waals surface area contributed by atoms with Crippen LogP contribution in [0.15, 0.2) is 0 Å². The minimum absolute atomic E-state index is 0.0315. The zero-order chi connectivity index (χ0) is 12.4. The van der Waals surface area contributed by atoms with Gasteiger partial charge < -0.3 is 15.7 Å². The van der Waals surface area contributed by atoms with Crippen LogP contribution in [-0.4, -0.2) is 36.6 Å². The first-order valence-electron chi connectivity index (χ1n) is 5.71. The van der Waals surface area contributed by atoms with E-state index in [0.29, 0.717) is 25.4 Å². The number of aliphatic carboxylic acids is 1. The van der Waals surface area contributed by atoms with Gasteiger partial charge in [-0.15, -0.1) is 0 Å². The first-order chi connectivity index (χ1) is 7.52. The summed E-state index contributed by atoms with van der Waals surface area (Å²) < 4.78 is 0. The smallest absolute Gasteiger partial charge is 0.303 e. The van der Waals surface area contributed by atoms with Crippen molar-refractivity contribution in [3.63, 3.8) is 0 Å². The van der Waals surface area contributed by atoms with Crippen molar-refractivity contribution in [2.24, 2.45) is 5.92 Å². The molecule has 0 radical (unpaired) electrons. The minimum atomic E-state index is -0.803. The highest BCUT2D eigenvalue weighted by Crippen LogP contribution is 1.95. The summed E-state index contributed by atoms with van der Waals surface area (Å²) in [4.78, 5) is 21.4. The monoisotopic (exact) mass is 230 g/mol. The topological polar surface area (TPSA) is 78.4 Å². The molecule has 0 rings (SSSR count). The fraction of sp³-hybridized carbons (Fsp3) is 0.818. The quantitative estimate of drug-likeness (QED) is 0.507.